The second kappa shape index (κ2) is 11.3. The van der Waals surface area contributed by atoms with E-state index < -0.39 is 0 Å². The molecule has 0 radical (unpaired) electrons. The molecule has 3 heteroatoms. The SMILES string of the molecule is CC1(C)c2ccccc2-c2cc3c(ccc4cc(-c5ccc(-c6nc(-c7ccccc7)nc(-c7ccccc7)n6)cc5)ccc43)cc2C1(C)C. The predicted molar refractivity (Wildman–Crippen MR) is 208 cm³/mol. The minimum atomic E-state index is -0.0105. The summed E-state index contributed by atoms with van der Waals surface area (Å²) in [7, 11) is 0. The van der Waals surface area contributed by atoms with E-state index in [1.807, 2.05) is 60.7 Å². The lowest BCUT2D eigenvalue weighted by Gasteiger charge is -2.48. The smallest absolute Gasteiger partial charge is 0.164 e. The molecule has 0 saturated carbocycles. The van der Waals surface area contributed by atoms with E-state index in [0.29, 0.717) is 17.5 Å². The minimum Gasteiger partial charge on any atom is -0.208 e. The molecule has 0 atom stereocenters. The number of fused-ring (bicyclic) bond motifs is 6. The van der Waals surface area contributed by atoms with Crippen molar-refractivity contribution in [2.75, 3.05) is 0 Å². The van der Waals surface area contributed by atoms with Crippen molar-refractivity contribution in [3.63, 3.8) is 0 Å². The first-order valence-corrected chi connectivity index (χ1v) is 17.4. The van der Waals surface area contributed by atoms with E-state index in [4.69, 9.17) is 15.0 Å². The summed E-state index contributed by atoms with van der Waals surface area (Å²) in [4.78, 5) is 14.7. The van der Waals surface area contributed by atoms with Crippen molar-refractivity contribution < 1.29 is 0 Å². The third-order valence-electron chi connectivity index (χ3n) is 11.3. The lowest BCUT2D eigenvalue weighted by atomic mass is 9.55. The molecule has 1 heterocycles. The molecule has 0 aliphatic heterocycles. The molecule has 8 aromatic rings. The van der Waals surface area contributed by atoms with E-state index in [9.17, 15) is 0 Å². The van der Waals surface area contributed by atoms with Gasteiger partial charge in [0.05, 0.1) is 0 Å². The normalized spacial score (nSPS) is 14.3. The van der Waals surface area contributed by atoms with Gasteiger partial charge in [-0.15, -0.1) is 0 Å². The Bertz CT molecular complexity index is 2510. The van der Waals surface area contributed by atoms with Crippen LogP contribution >= 0.6 is 0 Å². The standard InChI is InChI=1S/C47H37N3/c1-46(2)41-18-12-11-17-38(41)40-29-39-36(28-42(40)47(46,3)4)24-23-35-27-34(25-26-37(35)39)30-19-21-33(22-20-30)45-49-43(31-13-7-5-8-14-31)48-44(50-45)32-15-9-6-10-16-32/h5-29H,1-4H3. The van der Waals surface area contributed by atoms with Crippen LogP contribution in [0.1, 0.15) is 38.8 Å². The molecule has 1 aromatic heterocycles. The van der Waals surface area contributed by atoms with Crippen molar-refractivity contribution >= 4 is 21.5 Å². The first-order chi connectivity index (χ1) is 24.3. The van der Waals surface area contributed by atoms with Gasteiger partial charge in [0, 0.05) is 16.7 Å². The van der Waals surface area contributed by atoms with Gasteiger partial charge in [0.1, 0.15) is 0 Å². The highest BCUT2D eigenvalue weighted by Crippen LogP contribution is 2.54. The fraction of sp³-hybridized carbons (Fsp3) is 0.128. The molecule has 0 fully saturated rings. The zero-order valence-electron chi connectivity index (χ0n) is 28.8. The molecule has 0 unspecified atom stereocenters. The molecule has 1 aliphatic carbocycles. The van der Waals surface area contributed by atoms with Crippen LogP contribution in [0.3, 0.4) is 0 Å². The Kier molecular flexibility index (Phi) is 6.82. The quantitative estimate of drug-likeness (QED) is 0.179. The van der Waals surface area contributed by atoms with Crippen LogP contribution < -0.4 is 0 Å². The van der Waals surface area contributed by atoms with E-state index >= 15 is 0 Å². The van der Waals surface area contributed by atoms with Crippen LogP contribution in [0.2, 0.25) is 0 Å². The lowest BCUT2D eigenvalue weighted by Crippen LogP contribution is -2.43. The van der Waals surface area contributed by atoms with Crippen LogP contribution in [0, 0.1) is 0 Å². The summed E-state index contributed by atoms with van der Waals surface area (Å²) >= 11 is 0. The van der Waals surface area contributed by atoms with Crippen LogP contribution in [0.15, 0.2) is 152 Å². The molecule has 1 aliphatic rings. The number of benzene rings is 7. The Labute approximate surface area is 293 Å². The zero-order chi connectivity index (χ0) is 34.0. The Morgan fingerprint density at radius 3 is 1.44 bits per heavy atom. The molecule has 0 saturated heterocycles. The average molecular weight is 644 g/mol. The summed E-state index contributed by atoms with van der Waals surface area (Å²) < 4.78 is 0. The summed E-state index contributed by atoms with van der Waals surface area (Å²) in [5, 5.41) is 5.10. The fourth-order valence-corrected chi connectivity index (χ4v) is 7.72. The van der Waals surface area contributed by atoms with Gasteiger partial charge in [-0.05, 0) is 84.0 Å². The Morgan fingerprint density at radius 1 is 0.340 bits per heavy atom. The van der Waals surface area contributed by atoms with Gasteiger partial charge in [0.15, 0.2) is 17.5 Å². The Morgan fingerprint density at radius 2 is 0.820 bits per heavy atom. The molecule has 0 bridgehead atoms. The van der Waals surface area contributed by atoms with Crippen molar-refractivity contribution in [3.05, 3.63) is 163 Å². The number of hydrogen-bond acceptors (Lipinski definition) is 3. The first kappa shape index (κ1) is 30.2. The first-order valence-electron chi connectivity index (χ1n) is 17.4. The molecular formula is C47H37N3. The average Bonchev–Trinajstić information content (AvgIpc) is 3.17. The van der Waals surface area contributed by atoms with Gasteiger partial charge in [-0.1, -0.05) is 161 Å². The summed E-state index contributed by atoms with van der Waals surface area (Å²) in [6, 6.07) is 54.1. The van der Waals surface area contributed by atoms with E-state index in [-0.39, 0.29) is 10.8 Å². The molecule has 3 nitrogen and oxygen atoms in total. The van der Waals surface area contributed by atoms with Crippen molar-refractivity contribution in [1.82, 2.24) is 15.0 Å². The van der Waals surface area contributed by atoms with Crippen LogP contribution in [-0.4, -0.2) is 15.0 Å². The highest BCUT2D eigenvalue weighted by molar-refractivity contribution is 6.10. The van der Waals surface area contributed by atoms with Crippen molar-refractivity contribution in [2.24, 2.45) is 0 Å². The summed E-state index contributed by atoms with van der Waals surface area (Å²) in [6.45, 7) is 9.58. The monoisotopic (exact) mass is 643 g/mol. The van der Waals surface area contributed by atoms with Crippen LogP contribution in [0.25, 0.3) is 78.0 Å². The van der Waals surface area contributed by atoms with Crippen LogP contribution in [-0.2, 0) is 10.8 Å². The molecule has 50 heavy (non-hydrogen) atoms. The lowest BCUT2D eigenvalue weighted by molar-refractivity contribution is 0.299. The van der Waals surface area contributed by atoms with E-state index in [0.717, 1.165) is 22.3 Å². The van der Waals surface area contributed by atoms with Gasteiger partial charge in [-0.2, -0.15) is 0 Å². The van der Waals surface area contributed by atoms with Gasteiger partial charge < -0.3 is 0 Å². The maximum atomic E-state index is 4.91. The minimum absolute atomic E-state index is 0.0105. The molecule has 0 amide bonds. The van der Waals surface area contributed by atoms with Gasteiger partial charge >= 0.3 is 0 Å². The third-order valence-corrected chi connectivity index (χ3v) is 11.3. The molecule has 240 valence electrons. The Balaban J connectivity index is 1.10. The van der Waals surface area contributed by atoms with Crippen molar-refractivity contribution in [3.8, 4) is 56.4 Å². The second-order valence-electron chi connectivity index (χ2n) is 14.5. The third kappa shape index (κ3) is 4.76. The van der Waals surface area contributed by atoms with Crippen molar-refractivity contribution in [2.45, 2.75) is 38.5 Å². The molecule has 0 N–H and O–H groups in total. The highest BCUT2D eigenvalue weighted by atomic mass is 15.0. The second-order valence-corrected chi connectivity index (χ2v) is 14.5. The van der Waals surface area contributed by atoms with Gasteiger partial charge in [0.2, 0.25) is 0 Å². The molecule has 7 aromatic carbocycles. The van der Waals surface area contributed by atoms with Gasteiger partial charge in [0.25, 0.3) is 0 Å². The number of nitrogens with zero attached hydrogens (tertiary/aromatic N) is 3. The number of hydrogen-bond donors (Lipinski definition) is 0. The maximum Gasteiger partial charge on any atom is 0.164 e. The molecule has 9 rings (SSSR count). The predicted octanol–water partition coefficient (Wildman–Crippen LogP) is 12.1. The van der Waals surface area contributed by atoms with E-state index in [1.54, 1.807) is 0 Å². The van der Waals surface area contributed by atoms with E-state index in [2.05, 4.69) is 119 Å². The maximum absolute atomic E-state index is 4.91. The summed E-state index contributed by atoms with van der Waals surface area (Å²) in [5.41, 5.74) is 10.8. The van der Waals surface area contributed by atoms with Crippen LogP contribution in [0.4, 0.5) is 0 Å². The van der Waals surface area contributed by atoms with Gasteiger partial charge in [-0.25, -0.2) is 15.0 Å². The number of aromatic nitrogens is 3. The largest absolute Gasteiger partial charge is 0.208 e. The van der Waals surface area contributed by atoms with E-state index in [1.165, 1.54) is 49.4 Å². The number of rotatable bonds is 4. The van der Waals surface area contributed by atoms with Crippen molar-refractivity contribution in [1.29, 1.82) is 0 Å². The Hall–Kier alpha value is -5.93. The topological polar surface area (TPSA) is 38.7 Å². The highest BCUT2D eigenvalue weighted by Gasteiger charge is 2.45. The molecular weight excluding hydrogens is 607 g/mol. The van der Waals surface area contributed by atoms with Gasteiger partial charge in [-0.3, -0.25) is 0 Å². The molecule has 0 spiro atoms. The fourth-order valence-electron chi connectivity index (χ4n) is 7.72. The summed E-state index contributed by atoms with van der Waals surface area (Å²) in [6.07, 6.45) is 0. The summed E-state index contributed by atoms with van der Waals surface area (Å²) in [5.74, 6) is 1.99. The van der Waals surface area contributed by atoms with Crippen LogP contribution in [0.5, 0.6) is 0 Å². The zero-order valence-corrected chi connectivity index (χ0v) is 28.8.